The van der Waals surface area contributed by atoms with Crippen molar-refractivity contribution in [2.24, 2.45) is 0 Å². The Morgan fingerprint density at radius 2 is 0.600 bits per heavy atom. The van der Waals surface area contributed by atoms with Gasteiger partial charge < -0.3 is 9.13 Å². The third-order valence-electron chi connectivity index (χ3n) is 15.5. The van der Waals surface area contributed by atoms with Crippen LogP contribution in [-0.2, 0) is 0 Å². The van der Waals surface area contributed by atoms with Crippen molar-refractivity contribution in [2.75, 3.05) is 0 Å². The highest BCUT2D eigenvalue weighted by atomic mass is 15.0. The Balaban J connectivity index is 1.25. The molecule has 0 atom stereocenters. The monoisotopic (exact) mass is 964 g/mol. The van der Waals surface area contributed by atoms with E-state index in [0.717, 1.165) is 93.9 Å². The Hall–Kier alpha value is -9.22. The van der Waals surface area contributed by atoms with Crippen molar-refractivity contribution in [1.29, 1.82) is 10.5 Å². The lowest BCUT2D eigenvalue weighted by Crippen LogP contribution is -2.06. The van der Waals surface area contributed by atoms with E-state index in [1.54, 1.807) is 0 Å². The minimum Gasteiger partial charge on any atom is -0.308 e. The number of aryl methyl sites for hydroxylation is 9. The van der Waals surface area contributed by atoms with Crippen LogP contribution in [0.1, 0.15) is 61.2 Å². The van der Waals surface area contributed by atoms with E-state index in [2.05, 4.69) is 240 Å². The Bertz CT molecular complexity index is 4020. The minimum atomic E-state index is 0.534. The van der Waals surface area contributed by atoms with Crippen molar-refractivity contribution in [3.63, 3.8) is 0 Å². The van der Waals surface area contributed by atoms with Crippen LogP contribution in [0.4, 0.5) is 0 Å². The zero-order valence-electron chi connectivity index (χ0n) is 44.0. The zero-order valence-corrected chi connectivity index (χ0v) is 44.0. The summed E-state index contributed by atoms with van der Waals surface area (Å²) in [5.74, 6) is 0. The maximum absolute atomic E-state index is 12.1. The third-order valence-corrected chi connectivity index (χ3v) is 15.5. The Kier molecular flexibility index (Phi) is 11.3. The van der Waals surface area contributed by atoms with Crippen LogP contribution in [0.3, 0.4) is 0 Å². The highest BCUT2D eigenvalue weighted by Crippen LogP contribution is 2.44. The molecule has 75 heavy (non-hydrogen) atoms. The molecule has 0 aliphatic rings. The predicted octanol–water partition coefficient (Wildman–Crippen LogP) is 18.7. The summed E-state index contributed by atoms with van der Waals surface area (Å²) in [6.07, 6.45) is 0. The molecule has 0 aliphatic carbocycles. The minimum absolute atomic E-state index is 0.534. The van der Waals surface area contributed by atoms with E-state index in [0.29, 0.717) is 11.1 Å². The first-order valence-electron chi connectivity index (χ1n) is 25.8. The summed E-state index contributed by atoms with van der Waals surface area (Å²) in [5.41, 5.74) is 28.2. The van der Waals surface area contributed by atoms with E-state index in [1.165, 1.54) is 66.8 Å². The van der Waals surface area contributed by atoms with Crippen molar-refractivity contribution in [1.82, 2.24) is 9.13 Å². The molecule has 360 valence electrons. The average Bonchev–Trinajstić information content (AvgIpc) is 3.91. The second-order valence-electron chi connectivity index (χ2n) is 21.1. The van der Waals surface area contributed by atoms with E-state index >= 15 is 0 Å². The zero-order chi connectivity index (χ0) is 52.0. The molecule has 4 nitrogen and oxygen atoms in total. The van der Waals surface area contributed by atoms with Crippen LogP contribution >= 0.6 is 0 Å². The molecule has 2 heterocycles. The van der Waals surface area contributed by atoms with E-state index in [4.69, 9.17) is 0 Å². The van der Waals surface area contributed by atoms with Crippen molar-refractivity contribution in [3.8, 4) is 79.1 Å². The normalized spacial score (nSPS) is 11.5. The number of hydrogen-bond donors (Lipinski definition) is 0. The molecule has 0 saturated carbocycles. The molecule has 0 spiro atoms. The van der Waals surface area contributed by atoms with Gasteiger partial charge in [0.15, 0.2) is 0 Å². The molecule has 0 amide bonds. The summed E-state index contributed by atoms with van der Waals surface area (Å²) in [6, 6.07) is 69.6. The van der Waals surface area contributed by atoms with Gasteiger partial charge in [-0.3, -0.25) is 0 Å². The van der Waals surface area contributed by atoms with Crippen molar-refractivity contribution >= 4 is 43.6 Å². The molecule has 0 radical (unpaired) electrons. The maximum atomic E-state index is 12.1. The summed E-state index contributed by atoms with van der Waals surface area (Å²) in [6.45, 7) is 19.3. The molecular formula is C71H56N4. The summed E-state index contributed by atoms with van der Waals surface area (Å²) < 4.78 is 4.68. The number of benzene rings is 10. The SMILES string of the molecule is Cc1cc(C#N)cc(-c2cc(-n3c4cc(-c5ccc(C)cc5C)ccc4c4ccc(-c5ccc(C)cc5C)cc43)c(C#N)c(-n3c4cc(-c5ccc(C)cc5C)ccc4c4ccc(-c5ccc(C)cc5C)cc43)c2)c1. The van der Waals surface area contributed by atoms with Gasteiger partial charge in [0.25, 0.3) is 0 Å². The van der Waals surface area contributed by atoms with Gasteiger partial charge in [-0.2, -0.15) is 10.5 Å². The second-order valence-corrected chi connectivity index (χ2v) is 21.1. The fraction of sp³-hybridized carbons (Fsp3) is 0.127. The number of nitrogens with zero attached hydrogens (tertiary/aromatic N) is 4. The molecule has 2 aromatic heterocycles. The number of fused-ring (bicyclic) bond motifs is 6. The first-order valence-corrected chi connectivity index (χ1v) is 25.8. The quantitative estimate of drug-likeness (QED) is 0.160. The van der Waals surface area contributed by atoms with Crippen LogP contribution in [0.2, 0.25) is 0 Å². The van der Waals surface area contributed by atoms with Gasteiger partial charge >= 0.3 is 0 Å². The fourth-order valence-corrected chi connectivity index (χ4v) is 12.0. The lowest BCUT2D eigenvalue weighted by molar-refractivity contribution is 1.12. The van der Waals surface area contributed by atoms with Crippen molar-refractivity contribution < 1.29 is 0 Å². The van der Waals surface area contributed by atoms with E-state index in [9.17, 15) is 10.5 Å². The lowest BCUT2D eigenvalue weighted by atomic mass is 9.96. The molecule has 12 aromatic rings. The number of aromatic nitrogens is 2. The largest absolute Gasteiger partial charge is 0.308 e. The summed E-state index contributed by atoms with van der Waals surface area (Å²) >= 11 is 0. The van der Waals surface area contributed by atoms with Gasteiger partial charge in [0.05, 0.1) is 45.1 Å². The molecule has 0 fully saturated rings. The first kappa shape index (κ1) is 46.8. The number of rotatable bonds is 7. The van der Waals surface area contributed by atoms with Gasteiger partial charge in [0.1, 0.15) is 11.6 Å². The number of nitriles is 2. The molecule has 0 saturated heterocycles. The van der Waals surface area contributed by atoms with Gasteiger partial charge in [0.2, 0.25) is 0 Å². The van der Waals surface area contributed by atoms with Gasteiger partial charge in [-0.05, 0) is 194 Å². The molecule has 0 unspecified atom stereocenters. The molecular weight excluding hydrogens is 909 g/mol. The van der Waals surface area contributed by atoms with E-state index in [-0.39, 0.29) is 0 Å². The molecule has 12 rings (SSSR count). The van der Waals surface area contributed by atoms with Gasteiger partial charge in [-0.1, -0.05) is 150 Å². The highest BCUT2D eigenvalue weighted by Gasteiger charge is 2.25. The summed E-state index contributed by atoms with van der Waals surface area (Å²) in [7, 11) is 0. The highest BCUT2D eigenvalue weighted by molar-refractivity contribution is 6.13. The lowest BCUT2D eigenvalue weighted by Gasteiger charge is -2.19. The fourth-order valence-electron chi connectivity index (χ4n) is 12.0. The van der Waals surface area contributed by atoms with Crippen LogP contribution in [-0.4, -0.2) is 9.13 Å². The Morgan fingerprint density at radius 3 is 0.893 bits per heavy atom. The third kappa shape index (κ3) is 7.99. The molecule has 0 N–H and O–H groups in total. The number of hydrogen-bond acceptors (Lipinski definition) is 2. The summed E-state index contributed by atoms with van der Waals surface area (Å²) in [4.78, 5) is 0. The Labute approximate surface area is 439 Å². The standard InChI is InChI=1S/C71H56N4/c1-41-10-18-57(46(6)26-41)51-14-22-61-62-23-15-52(58-19-11-42(2)27-47(58)7)34-67(62)74(66(61)33-51)70-37-56(55-31-45(5)30-50(32-55)39-72)38-71(65(70)40-73)75-68-35-53(59-20-12-43(3)28-48(59)8)16-24-63(68)64-25-17-54(36-69(64)75)60-21-13-44(4)29-49(60)9/h10-38H,1-9H3. The molecule has 4 heteroatoms. The van der Waals surface area contributed by atoms with E-state index in [1.807, 2.05) is 19.1 Å². The average molecular weight is 965 g/mol. The van der Waals surface area contributed by atoms with Crippen LogP contribution in [0.25, 0.3) is 111 Å². The van der Waals surface area contributed by atoms with Gasteiger partial charge in [-0.25, -0.2) is 0 Å². The maximum Gasteiger partial charge on any atom is 0.104 e. The van der Waals surface area contributed by atoms with Crippen LogP contribution in [0.5, 0.6) is 0 Å². The molecule has 10 aromatic carbocycles. The second kappa shape index (κ2) is 18.1. The van der Waals surface area contributed by atoms with Crippen molar-refractivity contribution in [2.45, 2.75) is 62.3 Å². The van der Waals surface area contributed by atoms with Crippen LogP contribution in [0, 0.1) is 85.0 Å². The molecule has 0 bridgehead atoms. The van der Waals surface area contributed by atoms with E-state index < -0.39 is 0 Å². The topological polar surface area (TPSA) is 57.4 Å². The molecule has 0 aliphatic heterocycles. The van der Waals surface area contributed by atoms with Crippen LogP contribution < -0.4 is 0 Å². The predicted molar refractivity (Wildman–Crippen MR) is 314 cm³/mol. The van der Waals surface area contributed by atoms with Crippen molar-refractivity contribution in [3.05, 3.63) is 237 Å². The Morgan fingerprint density at radius 1 is 0.280 bits per heavy atom. The van der Waals surface area contributed by atoms with Gasteiger partial charge in [-0.15, -0.1) is 0 Å². The first-order chi connectivity index (χ1) is 36.2. The van der Waals surface area contributed by atoms with Crippen LogP contribution in [0.15, 0.2) is 176 Å². The summed E-state index contributed by atoms with van der Waals surface area (Å²) in [5, 5.41) is 26.9. The smallest absolute Gasteiger partial charge is 0.104 e. The van der Waals surface area contributed by atoms with Gasteiger partial charge in [0, 0.05) is 21.5 Å².